The molecule has 18 heavy (non-hydrogen) atoms. The summed E-state index contributed by atoms with van der Waals surface area (Å²) >= 11 is 0. The molecule has 0 spiro atoms. The number of carbonyl (C=O) groups is 1. The second kappa shape index (κ2) is 6.22. The summed E-state index contributed by atoms with van der Waals surface area (Å²) in [5.41, 5.74) is -0.563. The predicted molar refractivity (Wildman–Crippen MR) is 70.8 cm³/mol. The minimum Gasteiger partial charge on any atom is -0.338 e. The van der Waals surface area contributed by atoms with Crippen LogP contribution in [0.15, 0.2) is 0 Å². The first kappa shape index (κ1) is 13.4. The van der Waals surface area contributed by atoms with Crippen molar-refractivity contribution in [2.24, 2.45) is 5.92 Å². The first-order chi connectivity index (χ1) is 8.74. The SMILES string of the molecule is N#CC1(NC(=O)CC2CCCC2)CCCCCC1. The highest BCUT2D eigenvalue weighted by Crippen LogP contribution is 2.29. The number of carbonyl (C=O) groups excluding carboxylic acids is 1. The lowest BCUT2D eigenvalue weighted by Crippen LogP contribution is -2.47. The Labute approximate surface area is 110 Å². The molecular formula is C15H24N2O. The molecule has 2 fully saturated rings. The van der Waals surface area contributed by atoms with Gasteiger partial charge in [0, 0.05) is 6.42 Å². The number of nitrogens with one attached hydrogen (secondary N) is 1. The number of amides is 1. The number of rotatable bonds is 3. The van der Waals surface area contributed by atoms with Crippen LogP contribution in [0.4, 0.5) is 0 Å². The quantitative estimate of drug-likeness (QED) is 0.779. The summed E-state index contributed by atoms with van der Waals surface area (Å²) in [4.78, 5) is 12.1. The third kappa shape index (κ3) is 3.48. The Morgan fingerprint density at radius 2 is 1.72 bits per heavy atom. The van der Waals surface area contributed by atoms with Crippen LogP contribution in [-0.4, -0.2) is 11.4 Å². The number of hydrogen-bond donors (Lipinski definition) is 1. The fourth-order valence-corrected chi connectivity index (χ4v) is 3.39. The van der Waals surface area contributed by atoms with E-state index in [4.69, 9.17) is 0 Å². The fraction of sp³-hybridized carbons (Fsp3) is 0.867. The Kier molecular flexibility index (Phi) is 4.63. The molecule has 0 heterocycles. The molecule has 0 aromatic rings. The molecule has 0 atom stereocenters. The molecule has 1 amide bonds. The van der Waals surface area contributed by atoms with Gasteiger partial charge in [-0.1, -0.05) is 38.5 Å². The molecule has 100 valence electrons. The van der Waals surface area contributed by atoms with Crippen molar-refractivity contribution >= 4 is 5.91 Å². The predicted octanol–water partition coefficient (Wildman–Crippen LogP) is 3.30. The molecule has 0 aliphatic heterocycles. The largest absolute Gasteiger partial charge is 0.338 e. The highest BCUT2D eigenvalue weighted by Gasteiger charge is 2.33. The van der Waals surface area contributed by atoms with Gasteiger partial charge in [-0.15, -0.1) is 0 Å². The van der Waals surface area contributed by atoms with E-state index in [1.54, 1.807) is 0 Å². The van der Waals surface area contributed by atoms with E-state index in [0.29, 0.717) is 12.3 Å². The molecule has 0 bridgehead atoms. The standard InChI is InChI=1S/C15H24N2O/c16-12-15(9-5-1-2-6-10-15)17-14(18)11-13-7-3-4-8-13/h13H,1-11H2,(H,17,18). The van der Waals surface area contributed by atoms with Crippen LogP contribution in [0, 0.1) is 17.2 Å². The van der Waals surface area contributed by atoms with E-state index in [9.17, 15) is 10.1 Å². The summed E-state index contributed by atoms with van der Waals surface area (Å²) in [7, 11) is 0. The Morgan fingerprint density at radius 3 is 2.28 bits per heavy atom. The van der Waals surface area contributed by atoms with Gasteiger partial charge in [0.05, 0.1) is 6.07 Å². The van der Waals surface area contributed by atoms with Crippen LogP contribution in [0.1, 0.15) is 70.6 Å². The number of hydrogen-bond acceptors (Lipinski definition) is 2. The van der Waals surface area contributed by atoms with E-state index in [1.807, 2.05) is 0 Å². The highest BCUT2D eigenvalue weighted by atomic mass is 16.1. The molecule has 0 aromatic heterocycles. The summed E-state index contributed by atoms with van der Waals surface area (Å²) in [6, 6.07) is 2.38. The summed E-state index contributed by atoms with van der Waals surface area (Å²) < 4.78 is 0. The molecule has 0 unspecified atom stereocenters. The molecule has 0 aromatic carbocycles. The smallest absolute Gasteiger partial charge is 0.221 e. The molecule has 3 heteroatoms. The zero-order chi connectivity index (χ0) is 12.8. The van der Waals surface area contributed by atoms with Gasteiger partial charge in [0.1, 0.15) is 5.54 Å². The van der Waals surface area contributed by atoms with Gasteiger partial charge < -0.3 is 5.32 Å². The molecule has 2 rings (SSSR count). The van der Waals surface area contributed by atoms with Crippen molar-refractivity contribution < 1.29 is 4.79 Å². The molecule has 2 saturated carbocycles. The third-order valence-corrected chi connectivity index (χ3v) is 4.50. The molecule has 2 aliphatic carbocycles. The second-order valence-electron chi connectivity index (χ2n) is 6.01. The second-order valence-corrected chi connectivity index (χ2v) is 6.01. The molecule has 0 radical (unpaired) electrons. The van der Waals surface area contributed by atoms with Crippen molar-refractivity contribution in [3.05, 3.63) is 0 Å². The maximum absolute atomic E-state index is 12.1. The average Bonchev–Trinajstić information content (AvgIpc) is 2.74. The van der Waals surface area contributed by atoms with Crippen LogP contribution in [-0.2, 0) is 4.79 Å². The van der Waals surface area contributed by atoms with Crippen molar-refractivity contribution in [2.75, 3.05) is 0 Å². The lowest BCUT2D eigenvalue weighted by atomic mass is 9.91. The summed E-state index contributed by atoms with van der Waals surface area (Å²) in [6.07, 6.45) is 11.7. The van der Waals surface area contributed by atoms with Gasteiger partial charge in [-0.3, -0.25) is 4.79 Å². The van der Waals surface area contributed by atoms with Crippen LogP contribution < -0.4 is 5.32 Å². The van der Waals surface area contributed by atoms with Crippen molar-refractivity contribution in [1.29, 1.82) is 5.26 Å². The lowest BCUT2D eigenvalue weighted by Gasteiger charge is -2.27. The Balaban J connectivity index is 1.88. The van der Waals surface area contributed by atoms with E-state index >= 15 is 0 Å². The molecule has 1 N–H and O–H groups in total. The van der Waals surface area contributed by atoms with Gasteiger partial charge in [-0.05, 0) is 31.6 Å². The van der Waals surface area contributed by atoms with Gasteiger partial charge in [-0.25, -0.2) is 0 Å². The Morgan fingerprint density at radius 1 is 1.11 bits per heavy atom. The minimum absolute atomic E-state index is 0.102. The minimum atomic E-state index is -0.563. The first-order valence-corrected chi connectivity index (χ1v) is 7.46. The molecular weight excluding hydrogens is 224 g/mol. The zero-order valence-electron chi connectivity index (χ0n) is 11.2. The Bertz CT molecular complexity index is 318. The van der Waals surface area contributed by atoms with Gasteiger partial charge in [-0.2, -0.15) is 5.26 Å². The van der Waals surface area contributed by atoms with Crippen LogP contribution in [0.2, 0.25) is 0 Å². The number of nitrogens with zero attached hydrogens (tertiary/aromatic N) is 1. The van der Waals surface area contributed by atoms with Gasteiger partial charge in [0.2, 0.25) is 5.91 Å². The first-order valence-electron chi connectivity index (χ1n) is 7.46. The maximum atomic E-state index is 12.1. The highest BCUT2D eigenvalue weighted by molar-refractivity contribution is 5.77. The monoisotopic (exact) mass is 248 g/mol. The third-order valence-electron chi connectivity index (χ3n) is 4.50. The lowest BCUT2D eigenvalue weighted by molar-refractivity contribution is -0.123. The van der Waals surface area contributed by atoms with Crippen LogP contribution in [0.5, 0.6) is 0 Å². The molecule has 0 saturated heterocycles. The van der Waals surface area contributed by atoms with Crippen molar-refractivity contribution in [2.45, 2.75) is 76.2 Å². The summed E-state index contributed by atoms with van der Waals surface area (Å²) in [5, 5.41) is 12.5. The Hall–Kier alpha value is -1.04. The fourth-order valence-electron chi connectivity index (χ4n) is 3.39. The van der Waals surface area contributed by atoms with Crippen molar-refractivity contribution in [3.8, 4) is 6.07 Å². The van der Waals surface area contributed by atoms with E-state index in [1.165, 1.54) is 38.5 Å². The van der Waals surface area contributed by atoms with Crippen molar-refractivity contribution in [1.82, 2.24) is 5.32 Å². The maximum Gasteiger partial charge on any atom is 0.221 e. The molecule has 3 nitrogen and oxygen atoms in total. The van der Waals surface area contributed by atoms with Crippen LogP contribution in [0.3, 0.4) is 0 Å². The summed E-state index contributed by atoms with van der Waals surface area (Å²) in [5.74, 6) is 0.664. The van der Waals surface area contributed by atoms with Gasteiger partial charge in [0.15, 0.2) is 0 Å². The number of nitriles is 1. The van der Waals surface area contributed by atoms with Gasteiger partial charge >= 0.3 is 0 Å². The van der Waals surface area contributed by atoms with E-state index in [-0.39, 0.29) is 5.91 Å². The zero-order valence-corrected chi connectivity index (χ0v) is 11.2. The van der Waals surface area contributed by atoms with Crippen LogP contribution >= 0.6 is 0 Å². The summed E-state index contributed by atoms with van der Waals surface area (Å²) in [6.45, 7) is 0. The van der Waals surface area contributed by atoms with Crippen LogP contribution in [0.25, 0.3) is 0 Å². The normalized spacial score (nSPS) is 24.2. The van der Waals surface area contributed by atoms with Gasteiger partial charge in [0.25, 0.3) is 0 Å². The van der Waals surface area contributed by atoms with E-state index in [0.717, 1.165) is 25.7 Å². The topological polar surface area (TPSA) is 52.9 Å². The average molecular weight is 248 g/mol. The van der Waals surface area contributed by atoms with E-state index in [2.05, 4.69) is 11.4 Å². The molecule has 2 aliphatic rings. The van der Waals surface area contributed by atoms with E-state index < -0.39 is 5.54 Å². The van der Waals surface area contributed by atoms with Crippen molar-refractivity contribution in [3.63, 3.8) is 0 Å².